The van der Waals surface area contributed by atoms with E-state index in [0.717, 1.165) is 31.9 Å². The average molecular weight is 354 g/mol. The van der Waals surface area contributed by atoms with Gasteiger partial charge in [0.15, 0.2) is 6.61 Å². The molecule has 1 amide bonds. The van der Waals surface area contributed by atoms with Gasteiger partial charge in [-0.05, 0) is 19.2 Å². The van der Waals surface area contributed by atoms with E-state index in [-0.39, 0.29) is 12.4 Å². The van der Waals surface area contributed by atoms with Gasteiger partial charge in [0.05, 0.1) is 11.4 Å². The molecule has 0 aliphatic carbocycles. The SMILES string of the molecule is CN1CCN(c2ccccc2NC(=O)OCC(F)(F)F)CC1.Cl. The standard InChI is InChI=1S/C14H18F3N3O2.ClH/c1-19-6-8-20(9-7-19)12-5-3-2-4-11(12)18-13(21)22-10-14(15,16)17;/h2-5H,6-10H2,1H3,(H,18,21);1H. The van der Waals surface area contributed by atoms with Crippen LogP contribution in [0.4, 0.5) is 29.3 Å². The summed E-state index contributed by atoms with van der Waals surface area (Å²) in [6, 6.07) is 6.99. The highest BCUT2D eigenvalue weighted by Gasteiger charge is 2.29. The van der Waals surface area contributed by atoms with Crippen molar-refractivity contribution in [3.8, 4) is 0 Å². The number of rotatable bonds is 3. The van der Waals surface area contributed by atoms with E-state index in [4.69, 9.17) is 0 Å². The van der Waals surface area contributed by atoms with Crippen LogP contribution in [0.15, 0.2) is 24.3 Å². The Bertz CT molecular complexity index is 520. The van der Waals surface area contributed by atoms with Gasteiger partial charge >= 0.3 is 12.3 Å². The zero-order valence-electron chi connectivity index (χ0n) is 12.6. The second-order valence-electron chi connectivity index (χ2n) is 5.12. The average Bonchev–Trinajstić information content (AvgIpc) is 2.46. The van der Waals surface area contributed by atoms with Crippen molar-refractivity contribution in [1.29, 1.82) is 0 Å². The normalized spacial score (nSPS) is 15.7. The first-order valence-corrected chi connectivity index (χ1v) is 6.88. The summed E-state index contributed by atoms with van der Waals surface area (Å²) in [5.41, 5.74) is 1.22. The van der Waals surface area contributed by atoms with Gasteiger partial charge in [-0.1, -0.05) is 12.1 Å². The van der Waals surface area contributed by atoms with Crippen LogP contribution in [0.5, 0.6) is 0 Å². The van der Waals surface area contributed by atoms with Crippen LogP contribution in [-0.4, -0.2) is 57.0 Å². The summed E-state index contributed by atoms with van der Waals surface area (Å²) in [4.78, 5) is 15.8. The number of ether oxygens (including phenoxy) is 1. The second-order valence-corrected chi connectivity index (χ2v) is 5.12. The number of carbonyl (C=O) groups excluding carboxylic acids is 1. The Balaban J connectivity index is 0.00000264. The highest BCUT2D eigenvalue weighted by Crippen LogP contribution is 2.26. The lowest BCUT2D eigenvalue weighted by Crippen LogP contribution is -2.44. The third kappa shape index (κ3) is 6.15. The summed E-state index contributed by atoms with van der Waals surface area (Å²) in [7, 11) is 2.02. The van der Waals surface area contributed by atoms with Crippen molar-refractivity contribution in [3.05, 3.63) is 24.3 Å². The van der Waals surface area contributed by atoms with Crippen molar-refractivity contribution in [2.45, 2.75) is 6.18 Å². The van der Waals surface area contributed by atoms with Crippen LogP contribution in [-0.2, 0) is 4.74 Å². The molecule has 1 aromatic rings. The van der Waals surface area contributed by atoms with Gasteiger partial charge in [-0.15, -0.1) is 12.4 Å². The van der Waals surface area contributed by atoms with Crippen molar-refractivity contribution in [2.75, 3.05) is 50.1 Å². The Kier molecular flexibility index (Phi) is 6.96. The van der Waals surface area contributed by atoms with Crippen LogP contribution in [0.25, 0.3) is 0 Å². The molecule has 1 N–H and O–H groups in total. The molecule has 1 aromatic carbocycles. The number of benzene rings is 1. The van der Waals surface area contributed by atoms with Crippen molar-refractivity contribution in [2.24, 2.45) is 0 Å². The van der Waals surface area contributed by atoms with Gasteiger partial charge in [0.1, 0.15) is 0 Å². The first-order valence-electron chi connectivity index (χ1n) is 6.88. The summed E-state index contributed by atoms with van der Waals surface area (Å²) in [5, 5.41) is 2.38. The van der Waals surface area contributed by atoms with E-state index in [1.165, 1.54) is 0 Å². The van der Waals surface area contributed by atoms with E-state index in [0.29, 0.717) is 5.69 Å². The topological polar surface area (TPSA) is 44.8 Å². The van der Waals surface area contributed by atoms with E-state index in [1.807, 2.05) is 19.2 Å². The van der Waals surface area contributed by atoms with E-state index in [9.17, 15) is 18.0 Å². The smallest absolute Gasteiger partial charge is 0.422 e. The Morgan fingerprint density at radius 1 is 1.22 bits per heavy atom. The Hall–Kier alpha value is -1.67. The molecule has 1 heterocycles. The zero-order chi connectivity index (χ0) is 16.2. The molecule has 0 bridgehead atoms. The van der Waals surface area contributed by atoms with Crippen molar-refractivity contribution in [1.82, 2.24) is 4.90 Å². The molecule has 2 rings (SSSR count). The van der Waals surface area contributed by atoms with Gasteiger partial charge < -0.3 is 14.5 Å². The molecular weight excluding hydrogens is 335 g/mol. The van der Waals surface area contributed by atoms with Gasteiger partial charge in [0, 0.05) is 26.2 Å². The van der Waals surface area contributed by atoms with Gasteiger partial charge in [-0.3, -0.25) is 5.32 Å². The summed E-state index contributed by atoms with van der Waals surface area (Å²) in [5.74, 6) is 0. The van der Waals surface area contributed by atoms with Gasteiger partial charge in [-0.2, -0.15) is 13.2 Å². The molecule has 1 aliphatic rings. The molecule has 1 aliphatic heterocycles. The van der Waals surface area contributed by atoms with Gasteiger partial charge in [0.2, 0.25) is 0 Å². The Morgan fingerprint density at radius 3 is 2.43 bits per heavy atom. The fourth-order valence-electron chi connectivity index (χ4n) is 2.20. The lowest BCUT2D eigenvalue weighted by atomic mass is 10.2. The van der Waals surface area contributed by atoms with Gasteiger partial charge in [0.25, 0.3) is 0 Å². The fourth-order valence-corrected chi connectivity index (χ4v) is 2.20. The minimum atomic E-state index is -4.53. The quantitative estimate of drug-likeness (QED) is 0.907. The third-order valence-electron chi connectivity index (χ3n) is 3.35. The maximum Gasteiger partial charge on any atom is 0.422 e. The highest BCUT2D eigenvalue weighted by atomic mass is 35.5. The second kappa shape index (κ2) is 8.26. The molecule has 5 nitrogen and oxygen atoms in total. The lowest BCUT2D eigenvalue weighted by Gasteiger charge is -2.35. The number of amides is 1. The number of carbonyl (C=O) groups is 1. The number of nitrogens with one attached hydrogen (secondary N) is 1. The zero-order valence-corrected chi connectivity index (χ0v) is 13.4. The lowest BCUT2D eigenvalue weighted by molar-refractivity contribution is -0.159. The summed E-state index contributed by atoms with van der Waals surface area (Å²) in [6.07, 6.45) is -5.65. The highest BCUT2D eigenvalue weighted by molar-refractivity contribution is 5.89. The molecule has 0 unspecified atom stereocenters. The number of nitrogens with zero attached hydrogens (tertiary/aromatic N) is 2. The Labute approximate surface area is 138 Å². The number of halogens is 4. The minimum Gasteiger partial charge on any atom is -0.440 e. The largest absolute Gasteiger partial charge is 0.440 e. The van der Waals surface area contributed by atoms with Crippen molar-refractivity contribution >= 4 is 29.9 Å². The first kappa shape index (κ1) is 19.4. The van der Waals surface area contributed by atoms with Gasteiger partial charge in [-0.25, -0.2) is 4.79 Å². The molecule has 0 radical (unpaired) electrons. The monoisotopic (exact) mass is 353 g/mol. The summed E-state index contributed by atoms with van der Waals surface area (Å²) >= 11 is 0. The number of hydrogen-bond donors (Lipinski definition) is 1. The molecule has 0 spiro atoms. The van der Waals surface area contributed by atoms with E-state index in [1.54, 1.807) is 12.1 Å². The van der Waals surface area contributed by atoms with Crippen LogP contribution in [0.3, 0.4) is 0 Å². The maximum absolute atomic E-state index is 12.0. The molecule has 0 aromatic heterocycles. The molecule has 1 saturated heterocycles. The molecule has 9 heteroatoms. The number of likely N-dealkylation sites (N-methyl/N-ethyl adjacent to an activating group) is 1. The molecule has 23 heavy (non-hydrogen) atoms. The predicted molar refractivity (Wildman–Crippen MR) is 84.4 cm³/mol. The maximum atomic E-state index is 12.0. The van der Waals surface area contributed by atoms with Crippen LogP contribution >= 0.6 is 12.4 Å². The van der Waals surface area contributed by atoms with E-state index >= 15 is 0 Å². The number of hydrogen-bond acceptors (Lipinski definition) is 4. The van der Waals surface area contributed by atoms with Crippen LogP contribution in [0.2, 0.25) is 0 Å². The molecule has 130 valence electrons. The Morgan fingerprint density at radius 2 is 1.83 bits per heavy atom. The minimum absolute atomic E-state index is 0. The third-order valence-corrected chi connectivity index (χ3v) is 3.35. The molecule has 0 atom stereocenters. The first-order chi connectivity index (χ1) is 10.3. The number of alkyl halides is 3. The summed E-state index contributed by atoms with van der Waals surface area (Å²) in [6.45, 7) is 1.73. The number of para-hydroxylation sites is 2. The van der Waals surface area contributed by atoms with Crippen molar-refractivity contribution < 1.29 is 22.7 Å². The molecule has 1 fully saturated rings. The van der Waals surface area contributed by atoms with Crippen LogP contribution in [0.1, 0.15) is 0 Å². The number of anilines is 2. The fraction of sp³-hybridized carbons (Fsp3) is 0.500. The van der Waals surface area contributed by atoms with E-state index in [2.05, 4.69) is 19.9 Å². The molecule has 0 saturated carbocycles. The predicted octanol–water partition coefficient (Wildman–Crippen LogP) is 2.97. The van der Waals surface area contributed by atoms with E-state index < -0.39 is 18.9 Å². The van der Waals surface area contributed by atoms with Crippen LogP contribution < -0.4 is 10.2 Å². The van der Waals surface area contributed by atoms with Crippen LogP contribution in [0, 0.1) is 0 Å². The molecular formula is C14H19ClF3N3O2. The number of piperazine rings is 1. The summed E-state index contributed by atoms with van der Waals surface area (Å²) < 4.78 is 40.3. The van der Waals surface area contributed by atoms with Crippen molar-refractivity contribution in [3.63, 3.8) is 0 Å².